The topological polar surface area (TPSA) is 131 Å². The Hall–Kier alpha value is -4.40. The highest BCUT2D eigenvalue weighted by Crippen LogP contribution is 2.47. The monoisotopic (exact) mass is 595 g/mol. The molecule has 3 N–H and O–H groups in total. The van der Waals surface area contributed by atoms with Crippen molar-refractivity contribution in [3.05, 3.63) is 65.2 Å². The Bertz CT molecular complexity index is 1520. The summed E-state index contributed by atoms with van der Waals surface area (Å²) < 4.78 is 39.0. The van der Waals surface area contributed by atoms with Crippen molar-refractivity contribution in [2.45, 2.75) is 75.7 Å². The third kappa shape index (κ3) is 5.68. The molecule has 1 saturated carbocycles. The van der Waals surface area contributed by atoms with Crippen molar-refractivity contribution >= 4 is 29.3 Å². The largest absolute Gasteiger partial charge is 0.416 e. The fraction of sp³-hybridized carbons (Fsp3) is 0.452. The van der Waals surface area contributed by atoms with Gasteiger partial charge in [-0.2, -0.15) is 18.4 Å². The van der Waals surface area contributed by atoms with Crippen LogP contribution in [0.1, 0.15) is 63.1 Å². The van der Waals surface area contributed by atoms with Crippen molar-refractivity contribution in [1.82, 2.24) is 15.5 Å². The van der Waals surface area contributed by atoms with Crippen molar-refractivity contribution < 1.29 is 32.3 Å². The number of nitriles is 1. The molecule has 0 bridgehead atoms. The molecule has 2 aromatic rings. The first-order valence-electron chi connectivity index (χ1n) is 14.0. The Morgan fingerprint density at radius 1 is 1.07 bits per heavy atom. The van der Waals surface area contributed by atoms with Gasteiger partial charge in [-0.3, -0.25) is 19.2 Å². The summed E-state index contributed by atoms with van der Waals surface area (Å²) >= 11 is 0. The molecule has 2 aromatic carbocycles. The lowest BCUT2D eigenvalue weighted by Crippen LogP contribution is -2.55. The summed E-state index contributed by atoms with van der Waals surface area (Å²) in [5.74, 6) is -2.99. The highest BCUT2D eigenvalue weighted by molar-refractivity contribution is 6.35. The Morgan fingerprint density at radius 2 is 1.72 bits per heavy atom. The van der Waals surface area contributed by atoms with Gasteiger partial charge in [0.2, 0.25) is 11.8 Å². The molecular formula is C31H32F3N5O4. The number of likely N-dealkylation sites (tertiary alicyclic amines) is 1. The smallest absolute Gasteiger partial charge is 0.338 e. The number of hydrogen-bond acceptors (Lipinski definition) is 5. The van der Waals surface area contributed by atoms with E-state index in [2.05, 4.69) is 22.0 Å². The Kier molecular flexibility index (Phi) is 7.27. The van der Waals surface area contributed by atoms with Gasteiger partial charge in [0.25, 0.3) is 0 Å². The molecule has 3 aliphatic rings. The predicted molar refractivity (Wildman–Crippen MR) is 149 cm³/mol. The van der Waals surface area contributed by atoms with Gasteiger partial charge in [0.05, 0.1) is 22.6 Å². The highest BCUT2D eigenvalue weighted by Gasteiger charge is 2.56. The minimum absolute atomic E-state index is 0.0628. The zero-order chi connectivity index (χ0) is 31.4. The zero-order valence-electron chi connectivity index (χ0n) is 24.0. The van der Waals surface area contributed by atoms with Crippen LogP contribution in [0.4, 0.5) is 18.9 Å². The molecule has 0 radical (unpaired) electrons. The SMILES string of the molecule is CC(C)(C)C[C@H](NC(=O)C(=O)NC1(c2ccc(C(F)(F)F)cc2)CC1)C(=O)N1C[C@]2(CC1C#N)C(=O)Nc1ccccc12. The van der Waals surface area contributed by atoms with Crippen LogP contribution in [0.3, 0.4) is 0 Å². The molecule has 12 heteroatoms. The maximum atomic E-state index is 13.9. The molecule has 1 spiro atoms. The van der Waals surface area contributed by atoms with Crippen LogP contribution in [-0.2, 0) is 36.3 Å². The number of halogens is 3. The number of hydrogen-bond donors (Lipinski definition) is 3. The second-order valence-corrected chi connectivity index (χ2v) is 12.8. The van der Waals surface area contributed by atoms with E-state index in [1.54, 1.807) is 24.3 Å². The molecule has 2 heterocycles. The van der Waals surface area contributed by atoms with Crippen LogP contribution in [0.2, 0.25) is 0 Å². The maximum absolute atomic E-state index is 13.9. The minimum atomic E-state index is -4.50. The standard InChI is InChI=1S/C31H32F3N5O4/c1-28(2,3)15-23(26(42)39-17-29(14-20(39)16-35)21-6-4-5-7-22(21)37-27(29)43)36-24(40)25(41)38-30(12-13-30)18-8-10-19(11-9-18)31(32,33)34/h4-11,20,23H,12-15,17H2,1-3H3,(H,36,40)(H,37,43)(H,38,41)/t20?,23-,29-/m0/s1. The molecule has 226 valence electrons. The molecular weight excluding hydrogens is 563 g/mol. The third-order valence-electron chi connectivity index (χ3n) is 8.41. The van der Waals surface area contributed by atoms with Crippen molar-refractivity contribution in [2.75, 3.05) is 11.9 Å². The molecule has 0 aromatic heterocycles. The van der Waals surface area contributed by atoms with Crippen LogP contribution in [0.15, 0.2) is 48.5 Å². The number of alkyl halides is 3. The summed E-state index contributed by atoms with van der Waals surface area (Å²) in [5, 5.41) is 18.0. The van der Waals surface area contributed by atoms with E-state index in [1.807, 2.05) is 20.8 Å². The first-order chi connectivity index (χ1) is 20.1. The fourth-order valence-electron chi connectivity index (χ4n) is 6.09. The quantitative estimate of drug-likeness (QED) is 0.454. The van der Waals surface area contributed by atoms with E-state index < -0.39 is 57.9 Å². The maximum Gasteiger partial charge on any atom is 0.416 e. The van der Waals surface area contributed by atoms with Gasteiger partial charge < -0.3 is 20.9 Å². The second kappa shape index (κ2) is 10.4. The number of carbonyl (C=O) groups excluding carboxylic acids is 4. The Labute approximate surface area is 246 Å². The number of anilines is 1. The number of benzene rings is 2. The molecule has 1 saturated heterocycles. The number of nitrogens with zero attached hydrogens (tertiary/aromatic N) is 2. The predicted octanol–water partition coefficient (Wildman–Crippen LogP) is 3.75. The Balaban J connectivity index is 1.33. The average molecular weight is 596 g/mol. The number of amides is 4. The van der Waals surface area contributed by atoms with E-state index in [-0.39, 0.29) is 25.3 Å². The van der Waals surface area contributed by atoms with Crippen LogP contribution in [0.5, 0.6) is 0 Å². The van der Waals surface area contributed by atoms with Gasteiger partial charge in [0, 0.05) is 18.7 Å². The lowest BCUT2D eigenvalue weighted by atomic mass is 9.80. The van der Waals surface area contributed by atoms with Gasteiger partial charge in [0.15, 0.2) is 0 Å². The first kappa shape index (κ1) is 30.1. The minimum Gasteiger partial charge on any atom is -0.338 e. The first-order valence-corrected chi connectivity index (χ1v) is 14.0. The fourth-order valence-corrected chi connectivity index (χ4v) is 6.09. The number of rotatable bonds is 5. The molecule has 9 nitrogen and oxygen atoms in total. The van der Waals surface area contributed by atoms with Crippen LogP contribution in [0, 0.1) is 16.7 Å². The van der Waals surface area contributed by atoms with Crippen LogP contribution >= 0.6 is 0 Å². The van der Waals surface area contributed by atoms with Crippen LogP contribution in [-0.4, -0.2) is 47.2 Å². The van der Waals surface area contributed by atoms with E-state index in [1.165, 1.54) is 17.0 Å². The molecule has 4 amide bonds. The molecule has 43 heavy (non-hydrogen) atoms. The van der Waals surface area contributed by atoms with Gasteiger partial charge in [-0.05, 0) is 54.0 Å². The van der Waals surface area contributed by atoms with E-state index in [9.17, 15) is 37.6 Å². The van der Waals surface area contributed by atoms with Crippen LogP contribution in [0.25, 0.3) is 0 Å². The summed E-state index contributed by atoms with van der Waals surface area (Å²) in [6.07, 6.45) is -3.41. The number of para-hydroxylation sites is 1. The lowest BCUT2D eigenvalue weighted by Gasteiger charge is -2.31. The van der Waals surface area contributed by atoms with Gasteiger partial charge in [-0.1, -0.05) is 51.1 Å². The summed E-state index contributed by atoms with van der Waals surface area (Å²) in [7, 11) is 0. The third-order valence-corrected chi connectivity index (χ3v) is 8.41. The van der Waals surface area contributed by atoms with Gasteiger partial charge >= 0.3 is 18.0 Å². The second-order valence-electron chi connectivity index (χ2n) is 12.8. The van der Waals surface area contributed by atoms with E-state index in [0.29, 0.717) is 29.7 Å². The van der Waals surface area contributed by atoms with Crippen molar-refractivity contribution in [2.24, 2.45) is 5.41 Å². The van der Waals surface area contributed by atoms with E-state index in [4.69, 9.17) is 0 Å². The molecule has 5 rings (SSSR count). The van der Waals surface area contributed by atoms with Crippen molar-refractivity contribution in [3.63, 3.8) is 0 Å². The van der Waals surface area contributed by atoms with Crippen LogP contribution < -0.4 is 16.0 Å². The van der Waals surface area contributed by atoms with E-state index in [0.717, 1.165) is 12.1 Å². The molecule has 2 aliphatic heterocycles. The average Bonchev–Trinajstić information content (AvgIpc) is 3.53. The normalized spacial score (nSPS) is 22.8. The van der Waals surface area contributed by atoms with Crippen molar-refractivity contribution in [3.8, 4) is 6.07 Å². The summed E-state index contributed by atoms with van der Waals surface area (Å²) in [6.45, 7) is 5.51. The Morgan fingerprint density at radius 3 is 2.30 bits per heavy atom. The van der Waals surface area contributed by atoms with Crippen molar-refractivity contribution in [1.29, 1.82) is 5.26 Å². The molecule has 1 unspecified atom stereocenters. The summed E-state index contributed by atoms with van der Waals surface area (Å²) in [6, 6.07) is 11.5. The molecule has 3 atom stereocenters. The number of fused-ring (bicyclic) bond motifs is 2. The lowest BCUT2D eigenvalue weighted by molar-refractivity contribution is -0.143. The molecule has 2 fully saturated rings. The zero-order valence-corrected chi connectivity index (χ0v) is 24.0. The summed E-state index contributed by atoms with van der Waals surface area (Å²) in [4.78, 5) is 54.5. The number of nitrogens with one attached hydrogen (secondary N) is 3. The van der Waals surface area contributed by atoms with Gasteiger partial charge in [-0.15, -0.1) is 0 Å². The summed E-state index contributed by atoms with van der Waals surface area (Å²) in [5.41, 5.74) is -1.62. The van der Waals surface area contributed by atoms with Gasteiger partial charge in [0.1, 0.15) is 12.1 Å². The number of carbonyl (C=O) groups is 4. The van der Waals surface area contributed by atoms with E-state index >= 15 is 0 Å². The molecule has 1 aliphatic carbocycles. The van der Waals surface area contributed by atoms with Gasteiger partial charge in [-0.25, -0.2) is 0 Å². The highest BCUT2D eigenvalue weighted by atomic mass is 19.4.